The zero-order valence-electron chi connectivity index (χ0n) is 10.7. The van der Waals surface area contributed by atoms with E-state index in [9.17, 15) is 9.90 Å². The molecule has 104 valence electrons. The number of rotatable bonds is 3. The van der Waals surface area contributed by atoms with Crippen LogP contribution in [0.1, 0.15) is 28.9 Å². The largest absolute Gasteiger partial charge is 0.389 e. The van der Waals surface area contributed by atoms with Gasteiger partial charge in [-0.2, -0.15) is 0 Å². The molecule has 0 aliphatic heterocycles. The summed E-state index contributed by atoms with van der Waals surface area (Å²) >= 11 is 11.7. The van der Waals surface area contributed by atoms with Crippen molar-refractivity contribution < 1.29 is 9.90 Å². The van der Waals surface area contributed by atoms with Crippen LogP contribution in [-0.4, -0.2) is 11.0 Å². The van der Waals surface area contributed by atoms with Crippen molar-refractivity contribution in [1.29, 1.82) is 0 Å². The van der Waals surface area contributed by atoms with Crippen molar-refractivity contribution in [3.63, 3.8) is 0 Å². The average Bonchev–Trinajstić information content (AvgIpc) is 2.42. The molecular weight excluding hydrogens is 297 g/mol. The number of aliphatic hydroxyl groups excluding tert-OH is 1. The van der Waals surface area contributed by atoms with Gasteiger partial charge in [0.25, 0.3) is 5.91 Å². The quantitative estimate of drug-likeness (QED) is 0.888. The van der Waals surface area contributed by atoms with E-state index in [1.807, 2.05) is 0 Å². The number of aliphatic hydroxyl groups is 1. The molecule has 2 N–H and O–H groups in total. The van der Waals surface area contributed by atoms with Gasteiger partial charge >= 0.3 is 0 Å². The molecule has 1 amide bonds. The monoisotopic (exact) mass is 309 g/mol. The van der Waals surface area contributed by atoms with Crippen LogP contribution in [0.5, 0.6) is 0 Å². The number of benzene rings is 2. The van der Waals surface area contributed by atoms with Crippen molar-refractivity contribution in [2.24, 2.45) is 0 Å². The summed E-state index contributed by atoms with van der Waals surface area (Å²) in [4.78, 5) is 12.0. The average molecular weight is 310 g/mol. The predicted octanol–water partition coefficient (Wildman–Crippen LogP) is 4.30. The van der Waals surface area contributed by atoms with E-state index in [4.69, 9.17) is 23.2 Å². The Hall–Kier alpha value is -1.55. The van der Waals surface area contributed by atoms with E-state index in [1.54, 1.807) is 43.3 Å². The Labute approximate surface area is 127 Å². The highest BCUT2D eigenvalue weighted by molar-refractivity contribution is 6.42. The van der Waals surface area contributed by atoms with E-state index < -0.39 is 6.10 Å². The molecule has 5 heteroatoms. The fraction of sp³-hybridized carbons (Fsp3) is 0.133. The summed E-state index contributed by atoms with van der Waals surface area (Å²) in [6.07, 6.45) is -0.533. The molecule has 0 aliphatic carbocycles. The third-order valence-corrected chi connectivity index (χ3v) is 3.57. The molecule has 0 radical (unpaired) electrons. The van der Waals surface area contributed by atoms with Crippen LogP contribution in [0.3, 0.4) is 0 Å². The zero-order valence-corrected chi connectivity index (χ0v) is 12.2. The highest BCUT2D eigenvalue weighted by Crippen LogP contribution is 2.23. The molecule has 20 heavy (non-hydrogen) atoms. The molecule has 0 saturated heterocycles. The number of carbonyl (C=O) groups is 1. The summed E-state index contributed by atoms with van der Waals surface area (Å²) in [6.45, 7) is 1.68. The number of anilines is 1. The maximum Gasteiger partial charge on any atom is 0.255 e. The molecular formula is C15H13Cl2NO2. The first kappa shape index (κ1) is 14.9. The van der Waals surface area contributed by atoms with Crippen LogP contribution in [0.4, 0.5) is 5.69 Å². The van der Waals surface area contributed by atoms with E-state index in [1.165, 1.54) is 6.07 Å². The molecule has 0 heterocycles. The minimum atomic E-state index is -0.533. The van der Waals surface area contributed by atoms with Gasteiger partial charge in [-0.1, -0.05) is 35.3 Å². The number of hydrogen-bond acceptors (Lipinski definition) is 2. The standard InChI is InChI=1S/C15H13Cl2NO2/c1-9(19)10-2-5-12(6-3-10)18-15(20)11-4-7-13(16)14(17)8-11/h2-9,19H,1H3,(H,18,20). The first-order valence-corrected chi connectivity index (χ1v) is 6.77. The zero-order chi connectivity index (χ0) is 14.7. The van der Waals surface area contributed by atoms with Gasteiger partial charge in [0.2, 0.25) is 0 Å². The van der Waals surface area contributed by atoms with Crippen LogP contribution in [0.15, 0.2) is 42.5 Å². The Morgan fingerprint density at radius 2 is 1.75 bits per heavy atom. The molecule has 3 nitrogen and oxygen atoms in total. The molecule has 2 aromatic carbocycles. The maximum absolute atomic E-state index is 12.0. The second-order valence-corrected chi connectivity index (χ2v) is 5.20. The van der Waals surface area contributed by atoms with Gasteiger partial charge in [-0.3, -0.25) is 4.79 Å². The summed E-state index contributed by atoms with van der Waals surface area (Å²) in [5.74, 6) is -0.270. The first-order valence-electron chi connectivity index (χ1n) is 6.02. The fourth-order valence-electron chi connectivity index (χ4n) is 1.69. The topological polar surface area (TPSA) is 49.3 Å². The molecule has 2 aromatic rings. The van der Waals surface area contributed by atoms with Crippen molar-refractivity contribution in [2.45, 2.75) is 13.0 Å². The van der Waals surface area contributed by atoms with Crippen LogP contribution >= 0.6 is 23.2 Å². The number of carbonyl (C=O) groups excluding carboxylic acids is 1. The number of halogens is 2. The third-order valence-electron chi connectivity index (χ3n) is 2.83. The summed E-state index contributed by atoms with van der Waals surface area (Å²) < 4.78 is 0. The van der Waals surface area contributed by atoms with Gasteiger partial charge in [-0.25, -0.2) is 0 Å². The smallest absolute Gasteiger partial charge is 0.255 e. The van der Waals surface area contributed by atoms with Gasteiger partial charge in [0, 0.05) is 11.3 Å². The molecule has 0 bridgehead atoms. The van der Waals surface area contributed by atoms with E-state index in [0.717, 1.165) is 5.56 Å². The highest BCUT2D eigenvalue weighted by atomic mass is 35.5. The van der Waals surface area contributed by atoms with Gasteiger partial charge in [0.15, 0.2) is 0 Å². The molecule has 0 spiro atoms. The second kappa shape index (κ2) is 6.27. The van der Waals surface area contributed by atoms with Gasteiger partial charge < -0.3 is 10.4 Å². The summed E-state index contributed by atoms with van der Waals surface area (Å²) in [6, 6.07) is 11.7. The van der Waals surface area contributed by atoms with Crippen LogP contribution < -0.4 is 5.32 Å². The number of nitrogens with one attached hydrogen (secondary N) is 1. The van der Waals surface area contributed by atoms with E-state index in [0.29, 0.717) is 21.3 Å². The third kappa shape index (κ3) is 3.51. The van der Waals surface area contributed by atoms with Gasteiger partial charge in [-0.05, 0) is 42.8 Å². The van der Waals surface area contributed by atoms with Gasteiger partial charge in [-0.15, -0.1) is 0 Å². The van der Waals surface area contributed by atoms with Gasteiger partial charge in [0.1, 0.15) is 0 Å². The Morgan fingerprint density at radius 3 is 2.30 bits per heavy atom. The van der Waals surface area contributed by atoms with Crippen molar-refractivity contribution in [3.8, 4) is 0 Å². The highest BCUT2D eigenvalue weighted by Gasteiger charge is 2.09. The maximum atomic E-state index is 12.0. The Kier molecular flexibility index (Phi) is 4.65. The summed E-state index contributed by atoms with van der Waals surface area (Å²) in [5, 5.41) is 12.9. The lowest BCUT2D eigenvalue weighted by molar-refractivity contribution is 0.102. The van der Waals surface area contributed by atoms with Crippen molar-refractivity contribution in [3.05, 3.63) is 63.6 Å². The molecule has 0 fully saturated rings. The first-order chi connectivity index (χ1) is 9.47. The lowest BCUT2D eigenvalue weighted by atomic mass is 10.1. The molecule has 1 unspecified atom stereocenters. The second-order valence-electron chi connectivity index (χ2n) is 4.38. The molecule has 0 aliphatic rings. The Morgan fingerprint density at radius 1 is 1.10 bits per heavy atom. The lowest BCUT2D eigenvalue weighted by Crippen LogP contribution is -2.11. The van der Waals surface area contributed by atoms with Crippen LogP contribution in [0, 0.1) is 0 Å². The van der Waals surface area contributed by atoms with E-state index in [2.05, 4.69) is 5.32 Å². The van der Waals surface area contributed by atoms with Crippen LogP contribution in [0.25, 0.3) is 0 Å². The number of hydrogen-bond donors (Lipinski definition) is 2. The van der Waals surface area contributed by atoms with Crippen LogP contribution in [-0.2, 0) is 0 Å². The molecule has 0 saturated carbocycles. The molecule has 2 rings (SSSR count). The van der Waals surface area contributed by atoms with Crippen molar-refractivity contribution >= 4 is 34.8 Å². The van der Waals surface area contributed by atoms with Crippen LogP contribution in [0.2, 0.25) is 10.0 Å². The molecule has 0 aromatic heterocycles. The van der Waals surface area contributed by atoms with E-state index in [-0.39, 0.29) is 5.91 Å². The lowest BCUT2D eigenvalue weighted by Gasteiger charge is -2.08. The summed E-state index contributed by atoms with van der Waals surface area (Å²) in [7, 11) is 0. The summed E-state index contributed by atoms with van der Waals surface area (Å²) in [5.41, 5.74) is 1.86. The Balaban J connectivity index is 2.12. The fourth-order valence-corrected chi connectivity index (χ4v) is 1.98. The van der Waals surface area contributed by atoms with E-state index >= 15 is 0 Å². The SMILES string of the molecule is CC(O)c1ccc(NC(=O)c2ccc(Cl)c(Cl)c2)cc1. The normalized spacial score (nSPS) is 12.0. The number of amides is 1. The van der Waals surface area contributed by atoms with Crippen molar-refractivity contribution in [1.82, 2.24) is 0 Å². The minimum Gasteiger partial charge on any atom is -0.389 e. The Bertz CT molecular complexity index is 624. The molecule has 1 atom stereocenters. The predicted molar refractivity (Wildman–Crippen MR) is 81.5 cm³/mol. The minimum absolute atomic E-state index is 0.270. The van der Waals surface area contributed by atoms with Gasteiger partial charge in [0.05, 0.1) is 16.1 Å². The van der Waals surface area contributed by atoms with Crippen molar-refractivity contribution in [2.75, 3.05) is 5.32 Å².